The number of Topliss-reactive ketones (excluding diaryl/α,β-unsaturated/α-hetero) is 1. The molecule has 68 valence electrons. The number of hydrogen-bond donors (Lipinski definition) is 0. The van der Waals surface area contributed by atoms with Crippen LogP contribution in [0.25, 0.3) is 0 Å². The lowest BCUT2D eigenvalue weighted by Gasteiger charge is -2.24. The van der Waals surface area contributed by atoms with Crippen molar-refractivity contribution in [1.82, 2.24) is 0 Å². The molecule has 0 bridgehead atoms. The largest absolute Gasteiger partial charge is 0.469 e. The summed E-state index contributed by atoms with van der Waals surface area (Å²) >= 11 is 0. The second-order valence-electron chi connectivity index (χ2n) is 3.28. The average Bonchev–Trinajstić information content (AvgIpc) is 2.08. The van der Waals surface area contributed by atoms with Crippen LogP contribution in [0, 0.1) is 11.8 Å². The van der Waals surface area contributed by atoms with E-state index >= 15 is 0 Å². The van der Waals surface area contributed by atoms with Gasteiger partial charge in [-0.05, 0) is 12.8 Å². The van der Waals surface area contributed by atoms with Crippen LogP contribution in [-0.2, 0) is 14.3 Å². The Morgan fingerprint density at radius 2 is 2.25 bits per heavy atom. The Hall–Kier alpha value is -0.860. The summed E-state index contributed by atoms with van der Waals surface area (Å²) < 4.78 is 4.62. The molecule has 1 aliphatic carbocycles. The van der Waals surface area contributed by atoms with E-state index in [1.54, 1.807) is 0 Å². The topological polar surface area (TPSA) is 43.4 Å². The first-order valence-electron chi connectivity index (χ1n) is 4.27. The number of hydrogen-bond acceptors (Lipinski definition) is 3. The molecule has 0 radical (unpaired) electrons. The monoisotopic (exact) mass is 170 g/mol. The molecule has 2 atom stereocenters. The first-order valence-corrected chi connectivity index (χ1v) is 4.27. The minimum Gasteiger partial charge on any atom is -0.469 e. The zero-order valence-electron chi connectivity index (χ0n) is 7.50. The highest BCUT2D eigenvalue weighted by molar-refractivity contribution is 5.87. The predicted molar refractivity (Wildman–Crippen MR) is 43.5 cm³/mol. The fourth-order valence-electron chi connectivity index (χ4n) is 1.67. The normalized spacial score (nSPS) is 30.0. The molecule has 0 spiro atoms. The molecule has 3 heteroatoms. The minimum atomic E-state index is -0.240. The van der Waals surface area contributed by atoms with Crippen LogP contribution < -0.4 is 0 Å². The molecule has 0 aromatic carbocycles. The van der Waals surface area contributed by atoms with Gasteiger partial charge >= 0.3 is 5.97 Å². The fourth-order valence-corrected chi connectivity index (χ4v) is 1.67. The Morgan fingerprint density at radius 1 is 1.58 bits per heavy atom. The van der Waals surface area contributed by atoms with Crippen LogP contribution in [-0.4, -0.2) is 18.9 Å². The Labute approximate surface area is 72.1 Å². The predicted octanol–water partition coefficient (Wildman–Crippen LogP) is 1.16. The van der Waals surface area contributed by atoms with E-state index in [0.717, 1.165) is 12.8 Å². The van der Waals surface area contributed by atoms with E-state index < -0.39 is 0 Å². The Balaban J connectivity index is 2.63. The molecule has 1 rings (SSSR count). The van der Waals surface area contributed by atoms with Crippen molar-refractivity contribution in [3.63, 3.8) is 0 Å². The van der Waals surface area contributed by atoms with Gasteiger partial charge in [-0.25, -0.2) is 0 Å². The van der Waals surface area contributed by atoms with Gasteiger partial charge in [-0.3, -0.25) is 9.59 Å². The summed E-state index contributed by atoms with van der Waals surface area (Å²) in [5.41, 5.74) is 0. The lowest BCUT2D eigenvalue weighted by atomic mass is 9.79. The number of ketones is 1. The minimum absolute atomic E-state index is 0.147. The summed E-state index contributed by atoms with van der Waals surface area (Å²) in [5, 5.41) is 0. The molecule has 1 fully saturated rings. The molecule has 2 unspecified atom stereocenters. The van der Waals surface area contributed by atoms with Gasteiger partial charge in [0.1, 0.15) is 5.78 Å². The second kappa shape index (κ2) is 3.70. The molecule has 0 aliphatic heterocycles. The van der Waals surface area contributed by atoms with E-state index in [9.17, 15) is 9.59 Å². The van der Waals surface area contributed by atoms with Crippen molar-refractivity contribution in [2.45, 2.75) is 26.2 Å². The van der Waals surface area contributed by atoms with E-state index in [2.05, 4.69) is 4.74 Å². The summed E-state index contributed by atoms with van der Waals surface area (Å²) in [4.78, 5) is 22.4. The highest BCUT2D eigenvalue weighted by Crippen LogP contribution is 2.27. The second-order valence-corrected chi connectivity index (χ2v) is 3.28. The molecule has 0 aromatic rings. The molecule has 1 aliphatic rings. The van der Waals surface area contributed by atoms with Crippen LogP contribution in [0.15, 0.2) is 0 Å². The zero-order valence-corrected chi connectivity index (χ0v) is 7.50. The molecule has 0 aromatic heterocycles. The van der Waals surface area contributed by atoms with Crippen molar-refractivity contribution in [3.05, 3.63) is 0 Å². The standard InChI is InChI=1S/C9H14O3/c1-6-7(9(11)12-2)4-3-5-8(6)10/h6-7H,3-5H2,1-2H3. The summed E-state index contributed by atoms with van der Waals surface area (Å²) in [6.07, 6.45) is 2.23. The lowest BCUT2D eigenvalue weighted by molar-refractivity contribution is -0.151. The van der Waals surface area contributed by atoms with Gasteiger partial charge in [-0.1, -0.05) is 6.92 Å². The number of esters is 1. The first kappa shape index (κ1) is 9.23. The summed E-state index contributed by atoms with van der Waals surface area (Å²) in [6, 6.07) is 0. The Kier molecular flexibility index (Phi) is 2.84. The van der Waals surface area contributed by atoms with Crippen molar-refractivity contribution in [3.8, 4) is 0 Å². The van der Waals surface area contributed by atoms with Crippen LogP contribution in [0.4, 0.5) is 0 Å². The third-order valence-corrected chi connectivity index (χ3v) is 2.55. The SMILES string of the molecule is COC(=O)C1CCCC(=O)C1C. The number of carbonyl (C=O) groups excluding carboxylic acids is 2. The third kappa shape index (κ3) is 1.65. The maximum atomic E-state index is 11.2. The van der Waals surface area contributed by atoms with Crippen LogP contribution in [0.1, 0.15) is 26.2 Å². The van der Waals surface area contributed by atoms with Gasteiger partial charge in [-0.15, -0.1) is 0 Å². The van der Waals surface area contributed by atoms with Crippen molar-refractivity contribution >= 4 is 11.8 Å². The molecule has 3 nitrogen and oxygen atoms in total. The van der Waals surface area contributed by atoms with Crippen molar-refractivity contribution in [2.24, 2.45) is 11.8 Å². The smallest absolute Gasteiger partial charge is 0.309 e. The van der Waals surface area contributed by atoms with Gasteiger partial charge in [0, 0.05) is 12.3 Å². The van der Waals surface area contributed by atoms with Crippen molar-refractivity contribution in [2.75, 3.05) is 7.11 Å². The van der Waals surface area contributed by atoms with E-state index in [1.165, 1.54) is 7.11 Å². The molecular formula is C9H14O3. The third-order valence-electron chi connectivity index (χ3n) is 2.55. The molecule has 12 heavy (non-hydrogen) atoms. The summed E-state index contributed by atoms with van der Waals surface area (Å²) in [7, 11) is 1.37. The van der Waals surface area contributed by atoms with Crippen LogP contribution in [0.3, 0.4) is 0 Å². The van der Waals surface area contributed by atoms with E-state index in [4.69, 9.17) is 0 Å². The molecule has 0 saturated heterocycles. The number of methoxy groups -OCH3 is 1. The quantitative estimate of drug-likeness (QED) is 0.555. The van der Waals surface area contributed by atoms with E-state index in [0.29, 0.717) is 6.42 Å². The van der Waals surface area contributed by atoms with Crippen molar-refractivity contribution < 1.29 is 14.3 Å². The van der Waals surface area contributed by atoms with E-state index in [-0.39, 0.29) is 23.6 Å². The molecular weight excluding hydrogens is 156 g/mol. The van der Waals surface area contributed by atoms with Gasteiger partial charge < -0.3 is 4.74 Å². The van der Waals surface area contributed by atoms with Gasteiger partial charge in [0.15, 0.2) is 0 Å². The highest BCUT2D eigenvalue weighted by Gasteiger charge is 2.33. The molecule has 1 saturated carbocycles. The molecule has 0 amide bonds. The zero-order chi connectivity index (χ0) is 9.14. The molecule has 0 heterocycles. The lowest BCUT2D eigenvalue weighted by Crippen LogP contribution is -2.32. The number of carbonyl (C=O) groups is 2. The maximum Gasteiger partial charge on any atom is 0.309 e. The van der Waals surface area contributed by atoms with Crippen molar-refractivity contribution in [1.29, 1.82) is 0 Å². The van der Waals surface area contributed by atoms with Crippen LogP contribution in [0.5, 0.6) is 0 Å². The Bertz CT molecular complexity index is 198. The molecule has 0 N–H and O–H groups in total. The van der Waals surface area contributed by atoms with Crippen LogP contribution in [0.2, 0.25) is 0 Å². The van der Waals surface area contributed by atoms with Gasteiger partial charge in [0.05, 0.1) is 13.0 Å². The Morgan fingerprint density at radius 3 is 2.83 bits per heavy atom. The number of rotatable bonds is 1. The highest BCUT2D eigenvalue weighted by atomic mass is 16.5. The number of ether oxygens (including phenoxy) is 1. The van der Waals surface area contributed by atoms with Gasteiger partial charge in [-0.2, -0.15) is 0 Å². The van der Waals surface area contributed by atoms with Gasteiger partial charge in [0.25, 0.3) is 0 Å². The van der Waals surface area contributed by atoms with Crippen LogP contribution >= 0.6 is 0 Å². The maximum absolute atomic E-state index is 11.2. The van der Waals surface area contributed by atoms with Gasteiger partial charge in [0.2, 0.25) is 0 Å². The average molecular weight is 170 g/mol. The van der Waals surface area contributed by atoms with E-state index in [1.807, 2.05) is 6.92 Å². The summed E-state index contributed by atoms with van der Waals surface area (Å²) in [5.74, 6) is -0.394. The summed E-state index contributed by atoms with van der Waals surface area (Å²) in [6.45, 7) is 1.81. The fraction of sp³-hybridized carbons (Fsp3) is 0.778. The first-order chi connectivity index (χ1) is 5.66.